The van der Waals surface area contributed by atoms with E-state index in [0.717, 1.165) is 11.3 Å². The molecule has 2 atom stereocenters. The van der Waals surface area contributed by atoms with Crippen LogP contribution in [0.4, 0.5) is 4.39 Å². The molecule has 2 heterocycles. The Morgan fingerprint density at radius 3 is 2.93 bits per heavy atom. The van der Waals surface area contributed by atoms with Gasteiger partial charge in [-0.25, -0.2) is 4.39 Å². The van der Waals surface area contributed by atoms with E-state index in [-0.39, 0.29) is 0 Å². The third-order valence-corrected chi connectivity index (χ3v) is 4.13. The highest BCUT2D eigenvalue weighted by atomic mass is 35.5. The molecule has 78 valence electrons. The summed E-state index contributed by atoms with van der Waals surface area (Å²) in [7, 11) is 0. The molecule has 0 saturated carbocycles. The van der Waals surface area contributed by atoms with Gasteiger partial charge in [0, 0.05) is 17.5 Å². The van der Waals surface area contributed by atoms with Gasteiger partial charge < -0.3 is 5.32 Å². The van der Waals surface area contributed by atoms with Gasteiger partial charge >= 0.3 is 0 Å². The van der Waals surface area contributed by atoms with Crippen LogP contribution in [0.25, 0.3) is 0 Å². The summed E-state index contributed by atoms with van der Waals surface area (Å²) in [5.74, 6) is 0. The van der Waals surface area contributed by atoms with Crippen molar-refractivity contribution in [3.63, 3.8) is 0 Å². The molecule has 0 aliphatic carbocycles. The zero-order valence-electron chi connectivity index (χ0n) is 8.02. The van der Waals surface area contributed by atoms with Crippen LogP contribution in [-0.2, 0) is 5.67 Å². The number of hydrogen-bond donors (Lipinski definition) is 1. The van der Waals surface area contributed by atoms with E-state index in [1.165, 1.54) is 11.3 Å². The molecule has 2 rings (SSSR count). The lowest BCUT2D eigenvalue weighted by molar-refractivity contribution is 0.110. The van der Waals surface area contributed by atoms with Crippen LogP contribution in [0.5, 0.6) is 0 Å². The normalized spacial score (nSPS) is 33.2. The van der Waals surface area contributed by atoms with Gasteiger partial charge in [0.1, 0.15) is 0 Å². The van der Waals surface area contributed by atoms with Crippen LogP contribution in [-0.4, -0.2) is 12.6 Å². The third kappa shape index (κ3) is 1.95. The van der Waals surface area contributed by atoms with Gasteiger partial charge in [-0.15, -0.1) is 11.3 Å². The average molecular weight is 234 g/mol. The molecule has 14 heavy (non-hydrogen) atoms. The standard InChI is InChI=1S/C10H13ClFNS/c1-7-4-5-10(12,6-13-7)8-2-3-9(11)14-8/h2-3,7,13H,4-6H2,1H3. The van der Waals surface area contributed by atoms with E-state index in [1.54, 1.807) is 12.1 Å². The average Bonchev–Trinajstić information content (AvgIpc) is 2.58. The van der Waals surface area contributed by atoms with Crippen LogP contribution in [0.15, 0.2) is 12.1 Å². The Morgan fingerprint density at radius 2 is 2.43 bits per heavy atom. The molecule has 0 aromatic carbocycles. The van der Waals surface area contributed by atoms with Crippen molar-refractivity contribution in [2.24, 2.45) is 0 Å². The fraction of sp³-hybridized carbons (Fsp3) is 0.600. The van der Waals surface area contributed by atoms with Crippen LogP contribution in [0, 0.1) is 0 Å². The van der Waals surface area contributed by atoms with Crippen molar-refractivity contribution >= 4 is 22.9 Å². The lowest BCUT2D eigenvalue weighted by atomic mass is 9.91. The second-order valence-corrected chi connectivity index (χ2v) is 5.60. The summed E-state index contributed by atoms with van der Waals surface area (Å²) in [6, 6.07) is 3.99. The fourth-order valence-corrected chi connectivity index (χ4v) is 2.89. The highest BCUT2D eigenvalue weighted by molar-refractivity contribution is 7.16. The maximum Gasteiger partial charge on any atom is 0.157 e. The minimum absolute atomic E-state index is 0.408. The predicted octanol–water partition coefficient (Wildman–Crippen LogP) is 3.34. The Balaban J connectivity index is 2.16. The van der Waals surface area contributed by atoms with Crippen LogP contribution in [0.2, 0.25) is 4.34 Å². The molecule has 1 nitrogen and oxygen atoms in total. The minimum atomic E-state index is -1.20. The van der Waals surface area contributed by atoms with E-state index in [0.29, 0.717) is 23.3 Å². The van der Waals surface area contributed by atoms with E-state index < -0.39 is 5.67 Å². The third-order valence-electron chi connectivity index (χ3n) is 2.72. The Labute approximate surface area is 92.3 Å². The molecule has 1 aliphatic heterocycles. The largest absolute Gasteiger partial charge is 0.311 e. The molecule has 1 aromatic heterocycles. The van der Waals surface area contributed by atoms with Gasteiger partial charge in [-0.3, -0.25) is 0 Å². The van der Waals surface area contributed by atoms with Crippen molar-refractivity contribution < 1.29 is 4.39 Å². The predicted molar refractivity (Wildman–Crippen MR) is 58.8 cm³/mol. The number of thiophene rings is 1. The van der Waals surface area contributed by atoms with E-state index in [9.17, 15) is 4.39 Å². The molecule has 1 saturated heterocycles. The summed E-state index contributed by atoms with van der Waals surface area (Å²) >= 11 is 7.15. The second kappa shape index (κ2) is 3.80. The Morgan fingerprint density at radius 1 is 1.64 bits per heavy atom. The first-order valence-electron chi connectivity index (χ1n) is 4.78. The van der Waals surface area contributed by atoms with Crippen LogP contribution < -0.4 is 5.32 Å². The summed E-state index contributed by atoms with van der Waals surface area (Å²) in [5.41, 5.74) is -1.20. The number of alkyl halides is 1. The molecular formula is C10H13ClFNS. The SMILES string of the molecule is CC1CCC(F)(c2ccc(Cl)s2)CN1. The summed E-state index contributed by atoms with van der Waals surface area (Å²) in [5, 5.41) is 3.17. The number of nitrogens with one attached hydrogen (secondary N) is 1. The summed E-state index contributed by atoms with van der Waals surface area (Å²) in [6.45, 7) is 2.49. The van der Waals surface area contributed by atoms with Crippen LogP contribution in [0.1, 0.15) is 24.6 Å². The Kier molecular flexibility index (Phi) is 2.82. The van der Waals surface area contributed by atoms with Crippen LogP contribution >= 0.6 is 22.9 Å². The first kappa shape index (κ1) is 10.4. The fourth-order valence-electron chi connectivity index (χ4n) is 1.74. The van der Waals surface area contributed by atoms with Gasteiger partial charge in [0.05, 0.1) is 4.34 Å². The number of piperidine rings is 1. The van der Waals surface area contributed by atoms with Gasteiger partial charge in [-0.2, -0.15) is 0 Å². The lowest BCUT2D eigenvalue weighted by Crippen LogP contribution is -2.44. The Hall–Kier alpha value is -0.120. The minimum Gasteiger partial charge on any atom is -0.311 e. The molecular weight excluding hydrogens is 221 g/mol. The highest BCUT2D eigenvalue weighted by Crippen LogP contribution is 2.39. The molecule has 0 spiro atoms. The Bertz CT molecular complexity index is 318. The summed E-state index contributed by atoms with van der Waals surface area (Å²) in [4.78, 5) is 0.752. The van der Waals surface area contributed by atoms with Crippen molar-refractivity contribution in [2.45, 2.75) is 31.5 Å². The maximum atomic E-state index is 14.4. The van der Waals surface area contributed by atoms with Crippen LogP contribution in [0.3, 0.4) is 0 Å². The van der Waals surface area contributed by atoms with Gasteiger partial charge in [0.2, 0.25) is 0 Å². The van der Waals surface area contributed by atoms with Crippen molar-refractivity contribution in [3.8, 4) is 0 Å². The van der Waals surface area contributed by atoms with Gasteiger partial charge in [-0.1, -0.05) is 11.6 Å². The zero-order valence-corrected chi connectivity index (χ0v) is 9.59. The molecule has 2 unspecified atom stereocenters. The zero-order chi connectivity index (χ0) is 10.2. The summed E-state index contributed by atoms with van der Waals surface area (Å²) in [6.07, 6.45) is 1.48. The molecule has 0 radical (unpaired) electrons. The quantitative estimate of drug-likeness (QED) is 0.785. The van der Waals surface area contributed by atoms with Crippen molar-refractivity contribution in [1.29, 1.82) is 0 Å². The van der Waals surface area contributed by atoms with E-state index >= 15 is 0 Å². The van der Waals surface area contributed by atoms with Crippen molar-refractivity contribution in [1.82, 2.24) is 5.32 Å². The highest BCUT2D eigenvalue weighted by Gasteiger charge is 2.36. The second-order valence-electron chi connectivity index (χ2n) is 3.89. The molecule has 1 aliphatic rings. The monoisotopic (exact) mass is 233 g/mol. The van der Waals surface area contributed by atoms with Gasteiger partial charge in [0.25, 0.3) is 0 Å². The van der Waals surface area contributed by atoms with E-state index in [2.05, 4.69) is 12.2 Å². The topological polar surface area (TPSA) is 12.0 Å². The summed E-state index contributed by atoms with van der Waals surface area (Å²) < 4.78 is 15.0. The van der Waals surface area contributed by atoms with Gasteiger partial charge in [-0.05, 0) is 31.9 Å². The lowest BCUT2D eigenvalue weighted by Gasteiger charge is -2.32. The number of halogens is 2. The molecule has 4 heteroatoms. The first-order chi connectivity index (χ1) is 6.60. The number of hydrogen-bond acceptors (Lipinski definition) is 2. The molecule has 0 bridgehead atoms. The van der Waals surface area contributed by atoms with Crippen molar-refractivity contribution in [2.75, 3.05) is 6.54 Å². The van der Waals surface area contributed by atoms with Gasteiger partial charge in [0.15, 0.2) is 5.67 Å². The molecule has 1 fully saturated rings. The molecule has 0 amide bonds. The van der Waals surface area contributed by atoms with E-state index in [4.69, 9.17) is 11.6 Å². The molecule has 1 N–H and O–H groups in total. The smallest absolute Gasteiger partial charge is 0.157 e. The first-order valence-corrected chi connectivity index (χ1v) is 5.98. The van der Waals surface area contributed by atoms with E-state index in [1.807, 2.05) is 0 Å². The number of rotatable bonds is 1. The maximum absolute atomic E-state index is 14.4. The molecule has 1 aromatic rings. The van der Waals surface area contributed by atoms with Crippen molar-refractivity contribution in [3.05, 3.63) is 21.3 Å².